The van der Waals surface area contributed by atoms with Crippen molar-refractivity contribution in [2.24, 2.45) is 0 Å². The lowest BCUT2D eigenvalue weighted by molar-refractivity contribution is -0.117. The third kappa shape index (κ3) is 5.05. The van der Waals surface area contributed by atoms with E-state index in [9.17, 15) is 4.79 Å². The molecule has 1 fully saturated rings. The van der Waals surface area contributed by atoms with Crippen molar-refractivity contribution in [3.05, 3.63) is 27.7 Å². The van der Waals surface area contributed by atoms with Crippen molar-refractivity contribution >= 4 is 39.1 Å². The number of rotatable bonds is 5. The van der Waals surface area contributed by atoms with Gasteiger partial charge in [-0.25, -0.2) is 0 Å². The highest BCUT2D eigenvalue weighted by molar-refractivity contribution is 9.10. The molecule has 1 saturated heterocycles. The molecule has 0 atom stereocenters. The predicted octanol–water partition coefficient (Wildman–Crippen LogP) is 3.20. The monoisotopic (exact) mass is 360 g/mol. The van der Waals surface area contributed by atoms with E-state index in [2.05, 4.69) is 26.6 Å². The summed E-state index contributed by atoms with van der Waals surface area (Å²) in [7, 11) is 0. The predicted molar refractivity (Wildman–Crippen MR) is 84.2 cm³/mol. The number of halogens is 2. The smallest absolute Gasteiger partial charge is 0.226 e. The Morgan fingerprint density at radius 1 is 1.45 bits per heavy atom. The Morgan fingerprint density at radius 3 is 2.90 bits per heavy atom. The summed E-state index contributed by atoms with van der Waals surface area (Å²) in [6.45, 7) is 2.45. The van der Waals surface area contributed by atoms with Gasteiger partial charge in [0.25, 0.3) is 0 Å². The normalized spacial score (nSPS) is 16.1. The van der Waals surface area contributed by atoms with Crippen LogP contribution in [0.3, 0.4) is 0 Å². The lowest BCUT2D eigenvalue weighted by Crippen LogP contribution is -2.33. The van der Waals surface area contributed by atoms with Gasteiger partial charge in [-0.3, -0.25) is 4.79 Å². The van der Waals surface area contributed by atoms with Gasteiger partial charge >= 0.3 is 0 Å². The number of hydrogen-bond donors (Lipinski definition) is 2. The molecule has 1 aromatic carbocycles. The van der Waals surface area contributed by atoms with E-state index in [0.29, 0.717) is 18.1 Å². The van der Waals surface area contributed by atoms with Gasteiger partial charge in [0.1, 0.15) is 0 Å². The molecule has 0 unspecified atom stereocenters. The standard InChI is InChI=1S/C14H18BrClN2O2/c15-12-9-10(16)1-2-13(12)18-14(19)5-8-20-11-3-6-17-7-4-11/h1-2,9,11,17H,3-8H2,(H,18,19). The molecule has 1 aromatic rings. The summed E-state index contributed by atoms with van der Waals surface area (Å²) in [5, 5.41) is 6.75. The highest BCUT2D eigenvalue weighted by Crippen LogP contribution is 2.25. The van der Waals surface area contributed by atoms with Crippen LogP contribution in [0.25, 0.3) is 0 Å². The molecule has 20 heavy (non-hydrogen) atoms. The molecule has 0 radical (unpaired) electrons. The fourth-order valence-electron chi connectivity index (χ4n) is 2.08. The summed E-state index contributed by atoms with van der Waals surface area (Å²) < 4.78 is 6.48. The second-order valence-electron chi connectivity index (χ2n) is 4.74. The van der Waals surface area contributed by atoms with Crippen molar-refractivity contribution < 1.29 is 9.53 Å². The summed E-state index contributed by atoms with van der Waals surface area (Å²) >= 11 is 9.22. The van der Waals surface area contributed by atoms with E-state index in [1.54, 1.807) is 18.2 Å². The van der Waals surface area contributed by atoms with Crippen molar-refractivity contribution in [2.75, 3.05) is 25.0 Å². The number of carbonyl (C=O) groups is 1. The Kier molecular flexibility index (Phi) is 6.29. The van der Waals surface area contributed by atoms with Gasteiger partial charge < -0.3 is 15.4 Å². The number of amides is 1. The Labute approximate surface area is 132 Å². The van der Waals surface area contributed by atoms with E-state index in [-0.39, 0.29) is 12.0 Å². The molecule has 0 aliphatic carbocycles. The molecule has 1 aliphatic rings. The van der Waals surface area contributed by atoms with Gasteiger partial charge in [-0.2, -0.15) is 0 Å². The van der Waals surface area contributed by atoms with Crippen LogP contribution in [0.15, 0.2) is 22.7 Å². The third-order valence-electron chi connectivity index (χ3n) is 3.17. The molecule has 4 nitrogen and oxygen atoms in total. The van der Waals surface area contributed by atoms with Crippen molar-refractivity contribution in [3.63, 3.8) is 0 Å². The lowest BCUT2D eigenvalue weighted by atomic mass is 10.1. The van der Waals surface area contributed by atoms with Gasteiger partial charge in [-0.05, 0) is 60.1 Å². The highest BCUT2D eigenvalue weighted by Gasteiger charge is 2.14. The summed E-state index contributed by atoms with van der Waals surface area (Å²) in [4.78, 5) is 11.8. The van der Waals surface area contributed by atoms with Gasteiger partial charge in [0.15, 0.2) is 0 Å². The molecular formula is C14H18BrClN2O2. The van der Waals surface area contributed by atoms with Gasteiger partial charge in [0.05, 0.1) is 24.8 Å². The third-order valence-corrected chi connectivity index (χ3v) is 4.07. The van der Waals surface area contributed by atoms with Crippen LogP contribution in [0, 0.1) is 0 Å². The molecule has 0 saturated carbocycles. The highest BCUT2D eigenvalue weighted by atomic mass is 79.9. The number of carbonyl (C=O) groups excluding carboxylic acids is 1. The Morgan fingerprint density at radius 2 is 2.20 bits per heavy atom. The van der Waals surface area contributed by atoms with Crippen LogP contribution in [-0.4, -0.2) is 31.7 Å². The second-order valence-corrected chi connectivity index (χ2v) is 6.03. The molecule has 1 aliphatic heterocycles. The van der Waals surface area contributed by atoms with Crippen molar-refractivity contribution in [1.29, 1.82) is 0 Å². The summed E-state index contributed by atoms with van der Waals surface area (Å²) in [6.07, 6.45) is 2.68. The summed E-state index contributed by atoms with van der Waals surface area (Å²) in [5.41, 5.74) is 0.723. The maximum atomic E-state index is 11.8. The first-order valence-electron chi connectivity index (χ1n) is 6.72. The quantitative estimate of drug-likeness (QED) is 0.847. The van der Waals surface area contributed by atoms with E-state index in [4.69, 9.17) is 16.3 Å². The lowest BCUT2D eigenvalue weighted by Gasteiger charge is -2.22. The topological polar surface area (TPSA) is 50.4 Å². The van der Waals surface area contributed by atoms with Gasteiger partial charge in [-0.1, -0.05) is 11.6 Å². The molecule has 2 N–H and O–H groups in total. The zero-order valence-corrected chi connectivity index (χ0v) is 13.5. The number of nitrogens with one attached hydrogen (secondary N) is 2. The Balaban J connectivity index is 1.72. The molecule has 0 aromatic heterocycles. The fraction of sp³-hybridized carbons (Fsp3) is 0.500. The number of hydrogen-bond acceptors (Lipinski definition) is 3. The second kappa shape index (κ2) is 7.98. The molecule has 0 spiro atoms. The van der Waals surface area contributed by atoms with E-state index in [0.717, 1.165) is 36.1 Å². The number of piperidine rings is 1. The molecule has 6 heteroatoms. The van der Waals surface area contributed by atoms with E-state index >= 15 is 0 Å². The fourth-order valence-corrected chi connectivity index (χ4v) is 2.87. The molecule has 0 bridgehead atoms. The number of benzene rings is 1. The average Bonchev–Trinajstić information content (AvgIpc) is 2.43. The molecule has 1 heterocycles. The van der Waals surface area contributed by atoms with Gasteiger partial charge in [-0.15, -0.1) is 0 Å². The Bertz CT molecular complexity index is 464. The van der Waals surface area contributed by atoms with Crippen LogP contribution in [0.1, 0.15) is 19.3 Å². The minimum absolute atomic E-state index is 0.0537. The number of anilines is 1. The molecular weight excluding hydrogens is 344 g/mol. The van der Waals surface area contributed by atoms with Crippen molar-refractivity contribution in [1.82, 2.24) is 5.32 Å². The van der Waals surface area contributed by atoms with Crippen molar-refractivity contribution in [3.8, 4) is 0 Å². The van der Waals surface area contributed by atoms with Gasteiger partial charge in [0.2, 0.25) is 5.91 Å². The van der Waals surface area contributed by atoms with Crippen LogP contribution in [0.5, 0.6) is 0 Å². The molecule has 110 valence electrons. The summed E-state index contributed by atoms with van der Waals surface area (Å²) in [5.74, 6) is -0.0537. The SMILES string of the molecule is O=C(CCOC1CCNCC1)Nc1ccc(Cl)cc1Br. The maximum absolute atomic E-state index is 11.8. The zero-order valence-electron chi connectivity index (χ0n) is 11.1. The first-order valence-corrected chi connectivity index (χ1v) is 7.89. The first kappa shape index (κ1) is 15.8. The van der Waals surface area contributed by atoms with Crippen LogP contribution in [0.2, 0.25) is 5.02 Å². The average molecular weight is 362 g/mol. The van der Waals surface area contributed by atoms with Crippen LogP contribution in [-0.2, 0) is 9.53 Å². The van der Waals surface area contributed by atoms with Gasteiger partial charge in [0, 0.05) is 9.50 Å². The van der Waals surface area contributed by atoms with Crippen molar-refractivity contribution in [2.45, 2.75) is 25.4 Å². The molecule has 2 rings (SSSR count). The minimum Gasteiger partial charge on any atom is -0.378 e. The van der Waals surface area contributed by atoms with Crippen LogP contribution in [0.4, 0.5) is 5.69 Å². The van der Waals surface area contributed by atoms with E-state index in [1.807, 2.05) is 0 Å². The Hall–Kier alpha value is -0.620. The largest absolute Gasteiger partial charge is 0.378 e. The van der Waals surface area contributed by atoms with Crippen LogP contribution < -0.4 is 10.6 Å². The van der Waals surface area contributed by atoms with E-state index in [1.165, 1.54) is 0 Å². The zero-order chi connectivity index (χ0) is 14.4. The van der Waals surface area contributed by atoms with E-state index < -0.39 is 0 Å². The minimum atomic E-state index is -0.0537. The first-order chi connectivity index (χ1) is 9.65. The number of ether oxygens (including phenoxy) is 1. The van der Waals surface area contributed by atoms with Crippen LogP contribution >= 0.6 is 27.5 Å². The summed E-state index contributed by atoms with van der Waals surface area (Å²) in [6, 6.07) is 5.27. The molecule has 1 amide bonds. The maximum Gasteiger partial charge on any atom is 0.226 e.